The van der Waals surface area contributed by atoms with Crippen molar-refractivity contribution in [2.45, 2.75) is 0 Å². The predicted molar refractivity (Wildman–Crippen MR) is 110 cm³/mol. The molecule has 0 bridgehead atoms. The maximum Gasteiger partial charge on any atom is 0.140 e. The third-order valence-corrected chi connectivity index (χ3v) is 4.92. The maximum atomic E-state index is 4.89. The molecule has 4 heterocycles. The molecule has 0 saturated heterocycles. The highest BCUT2D eigenvalue weighted by Crippen LogP contribution is 2.34. The van der Waals surface area contributed by atoms with E-state index >= 15 is 0 Å². The minimum absolute atomic E-state index is 0.778. The van der Waals surface area contributed by atoms with Crippen LogP contribution in [0.2, 0.25) is 0 Å². The number of rotatable bonds is 3. The Bertz CT molecular complexity index is 1170. The normalized spacial score (nSPS) is 11.1. The van der Waals surface area contributed by atoms with Gasteiger partial charge in [0, 0.05) is 39.5 Å². The Hall–Kier alpha value is -3.25. The van der Waals surface area contributed by atoms with Gasteiger partial charge in [-0.1, -0.05) is 28.1 Å². The van der Waals surface area contributed by atoms with Crippen LogP contribution in [0.25, 0.3) is 45.1 Å². The molecule has 5 aromatic rings. The summed E-state index contributed by atoms with van der Waals surface area (Å²) >= 11 is 3.55. The van der Waals surface area contributed by atoms with Crippen molar-refractivity contribution in [1.82, 2.24) is 24.9 Å². The van der Waals surface area contributed by atoms with Gasteiger partial charge >= 0.3 is 0 Å². The second-order valence-electron chi connectivity index (χ2n) is 6.13. The lowest BCUT2D eigenvalue weighted by atomic mass is 10.2. The van der Waals surface area contributed by atoms with Gasteiger partial charge in [-0.2, -0.15) is 0 Å². The fourth-order valence-corrected chi connectivity index (χ4v) is 3.53. The molecule has 0 fully saturated rings. The largest absolute Gasteiger partial charge is 0.360 e. The van der Waals surface area contributed by atoms with Gasteiger partial charge in [0.25, 0.3) is 0 Å². The molecule has 0 amide bonds. The van der Waals surface area contributed by atoms with Crippen LogP contribution in [0.4, 0.5) is 0 Å². The van der Waals surface area contributed by atoms with E-state index in [9.17, 15) is 0 Å². The van der Waals surface area contributed by atoms with E-state index in [1.807, 2.05) is 54.7 Å². The summed E-state index contributed by atoms with van der Waals surface area (Å²) in [6.45, 7) is 0. The quantitative estimate of drug-likeness (QED) is 0.411. The van der Waals surface area contributed by atoms with Crippen molar-refractivity contribution in [3.05, 3.63) is 77.7 Å². The Morgan fingerprint density at radius 1 is 0.852 bits per heavy atom. The molecule has 5 nitrogen and oxygen atoms in total. The predicted octanol–water partition coefficient (Wildman–Crippen LogP) is 5.44. The van der Waals surface area contributed by atoms with Gasteiger partial charge < -0.3 is 9.97 Å². The lowest BCUT2D eigenvalue weighted by molar-refractivity contribution is 1.27. The SMILES string of the molecule is Brc1ccc2[nH]cc(-c3nc(-c4ccccn4)c(-c4ccccn4)[nH]3)c2c1. The lowest BCUT2D eigenvalue weighted by Crippen LogP contribution is -1.88. The molecule has 130 valence electrons. The van der Waals surface area contributed by atoms with Crippen molar-refractivity contribution < 1.29 is 0 Å². The van der Waals surface area contributed by atoms with E-state index in [-0.39, 0.29) is 0 Å². The summed E-state index contributed by atoms with van der Waals surface area (Å²) < 4.78 is 1.03. The molecule has 27 heavy (non-hydrogen) atoms. The molecule has 0 aliphatic carbocycles. The number of pyridine rings is 2. The number of aromatic amines is 2. The van der Waals surface area contributed by atoms with E-state index in [0.717, 1.165) is 49.5 Å². The minimum atomic E-state index is 0.778. The molecule has 0 spiro atoms. The van der Waals surface area contributed by atoms with Crippen molar-refractivity contribution in [2.24, 2.45) is 0 Å². The molecule has 1 aromatic carbocycles. The first-order chi connectivity index (χ1) is 13.3. The first kappa shape index (κ1) is 16.0. The topological polar surface area (TPSA) is 70.2 Å². The number of nitrogens with one attached hydrogen (secondary N) is 2. The summed E-state index contributed by atoms with van der Waals surface area (Å²) in [5, 5.41) is 1.10. The summed E-state index contributed by atoms with van der Waals surface area (Å²) in [4.78, 5) is 20.6. The van der Waals surface area contributed by atoms with Crippen molar-refractivity contribution in [3.8, 4) is 34.2 Å². The van der Waals surface area contributed by atoms with Crippen molar-refractivity contribution in [2.75, 3.05) is 0 Å². The molecule has 4 aromatic heterocycles. The molecule has 0 atom stereocenters. The zero-order valence-electron chi connectivity index (χ0n) is 14.1. The van der Waals surface area contributed by atoms with Crippen LogP contribution >= 0.6 is 15.9 Å². The number of halogens is 1. The van der Waals surface area contributed by atoms with Gasteiger partial charge in [0.05, 0.1) is 17.1 Å². The molecule has 0 aliphatic heterocycles. The monoisotopic (exact) mass is 415 g/mol. The van der Waals surface area contributed by atoms with Gasteiger partial charge in [0.1, 0.15) is 11.5 Å². The Balaban J connectivity index is 1.75. The van der Waals surface area contributed by atoms with Crippen LogP contribution in [0.5, 0.6) is 0 Å². The summed E-state index contributed by atoms with van der Waals surface area (Å²) in [6.07, 6.45) is 5.52. The fourth-order valence-electron chi connectivity index (χ4n) is 3.17. The smallest absolute Gasteiger partial charge is 0.140 e. The number of imidazole rings is 1. The van der Waals surface area contributed by atoms with Crippen LogP contribution in [0, 0.1) is 0 Å². The zero-order chi connectivity index (χ0) is 18.2. The summed E-state index contributed by atoms with van der Waals surface area (Å²) in [6, 6.07) is 17.8. The van der Waals surface area contributed by atoms with Gasteiger partial charge in [-0.3, -0.25) is 9.97 Å². The van der Waals surface area contributed by atoms with Crippen LogP contribution < -0.4 is 0 Å². The second-order valence-corrected chi connectivity index (χ2v) is 7.05. The van der Waals surface area contributed by atoms with Crippen LogP contribution in [0.1, 0.15) is 0 Å². The fraction of sp³-hybridized carbons (Fsp3) is 0. The molecular formula is C21H14BrN5. The van der Waals surface area contributed by atoms with Gasteiger partial charge in [0.15, 0.2) is 0 Å². The molecular weight excluding hydrogens is 402 g/mol. The van der Waals surface area contributed by atoms with E-state index in [0.29, 0.717) is 0 Å². The number of hydrogen-bond acceptors (Lipinski definition) is 3. The van der Waals surface area contributed by atoms with Crippen molar-refractivity contribution in [3.63, 3.8) is 0 Å². The third-order valence-electron chi connectivity index (χ3n) is 4.43. The first-order valence-electron chi connectivity index (χ1n) is 8.49. The zero-order valence-corrected chi connectivity index (χ0v) is 15.7. The third kappa shape index (κ3) is 2.84. The maximum absolute atomic E-state index is 4.89. The Morgan fingerprint density at radius 2 is 1.63 bits per heavy atom. The molecule has 0 unspecified atom stereocenters. The summed E-state index contributed by atoms with van der Waals surface area (Å²) in [7, 11) is 0. The Morgan fingerprint density at radius 3 is 2.37 bits per heavy atom. The number of hydrogen-bond donors (Lipinski definition) is 2. The minimum Gasteiger partial charge on any atom is -0.360 e. The highest BCUT2D eigenvalue weighted by Gasteiger charge is 2.18. The average molecular weight is 416 g/mol. The van der Waals surface area contributed by atoms with Gasteiger partial charge in [-0.05, 0) is 42.5 Å². The van der Waals surface area contributed by atoms with Crippen molar-refractivity contribution >= 4 is 26.8 Å². The van der Waals surface area contributed by atoms with Gasteiger partial charge in [0.2, 0.25) is 0 Å². The Kier molecular flexibility index (Phi) is 3.83. The first-order valence-corrected chi connectivity index (χ1v) is 9.29. The van der Waals surface area contributed by atoms with E-state index in [4.69, 9.17) is 4.98 Å². The van der Waals surface area contributed by atoms with Gasteiger partial charge in [-0.25, -0.2) is 4.98 Å². The van der Waals surface area contributed by atoms with Crippen LogP contribution in [0.15, 0.2) is 77.7 Å². The number of aromatic nitrogens is 5. The lowest BCUT2D eigenvalue weighted by Gasteiger charge is -2.00. The molecule has 0 radical (unpaired) electrons. The van der Waals surface area contributed by atoms with E-state index in [1.165, 1.54) is 0 Å². The highest BCUT2D eigenvalue weighted by molar-refractivity contribution is 9.10. The summed E-state index contributed by atoms with van der Waals surface area (Å²) in [5.41, 5.74) is 5.34. The van der Waals surface area contributed by atoms with E-state index in [1.54, 1.807) is 12.4 Å². The van der Waals surface area contributed by atoms with E-state index < -0.39 is 0 Å². The number of H-pyrrole nitrogens is 2. The number of fused-ring (bicyclic) bond motifs is 1. The van der Waals surface area contributed by atoms with Gasteiger partial charge in [-0.15, -0.1) is 0 Å². The number of nitrogens with zero attached hydrogens (tertiary/aromatic N) is 3. The second kappa shape index (κ2) is 6.48. The van der Waals surface area contributed by atoms with Crippen molar-refractivity contribution in [1.29, 1.82) is 0 Å². The average Bonchev–Trinajstić information content (AvgIpc) is 3.33. The molecule has 0 saturated carbocycles. The standard InChI is InChI=1S/C21H14BrN5/c22-13-7-8-16-14(11-13)15(12-25-16)21-26-19(17-5-1-3-9-23-17)20(27-21)18-6-2-4-10-24-18/h1-12,25H,(H,26,27). The Labute approximate surface area is 163 Å². The molecule has 2 N–H and O–H groups in total. The van der Waals surface area contributed by atoms with Crippen LogP contribution in [0.3, 0.4) is 0 Å². The number of benzene rings is 1. The van der Waals surface area contributed by atoms with Crippen LogP contribution in [-0.4, -0.2) is 24.9 Å². The highest BCUT2D eigenvalue weighted by atomic mass is 79.9. The van der Waals surface area contributed by atoms with E-state index in [2.05, 4.69) is 41.9 Å². The summed E-state index contributed by atoms with van der Waals surface area (Å²) in [5.74, 6) is 0.778. The van der Waals surface area contributed by atoms with Crippen LogP contribution in [-0.2, 0) is 0 Å². The molecule has 6 heteroatoms. The molecule has 5 rings (SSSR count). The molecule has 0 aliphatic rings.